The minimum Gasteiger partial charge on any atom is -0.493 e. The maximum atomic E-state index is 13.1. The number of hydrogen-bond acceptors (Lipinski definition) is 0. The first-order valence-electron chi connectivity index (χ1n) is 30.9. The third kappa shape index (κ3) is 30.6. The number of rotatable bonds is 45. The average molecular weight is 1060 g/mol. The first-order valence-corrected chi connectivity index (χ1v) is 30.9. The van der Waals surface area contributed by atoms with Crippen molar-refractivity contribution in [3.63, 3.8) is 0 Å². The Morgan fingerprint density at radius 2 is 0.527 bits per heavy atom. The van der Waals surface area contributed by atoms with Gasteiger partial charge in [0.15, 0.2) is 0 Å². The fourth-order valence-corrected chi connectivity index (χ4v) is 10.5. The largest absolute Gasteiger partial charge is 2.00 e. The molecule has 3 heteroatoms. The van der Waals surface area contributed by atoms with Crippen molar-refractivity contribution in [2.75, 3.05) is 0 Å². The van der Waals surface area contributed by atoms with E-state index < -0.39 is 0 Å². The fourth-order valence-electron chi connectivity index (χ4n) is 10.5. The molecule has 0 fully saturated rings. The molecule has 3 rings (SSSR count). The molecule has 2 nitrogen and oxygen atoms in total. The van der Waals surface area contributed by atoms with E-state index in [0.29, 0.717) is 0 Å². The second kappa shape index (κ2) is 48.4. The van der Waals surface area contributed by atoms with Gasteiger partial charge in [0, 0.05) is 22.3 Å². The van der Waals surface area contributed by atoms with Crippen LogP contribution in [0.3, 0.4) is 0 Å². The van der Waals surface area contributed by atoms with Crippen LogP contribution in [0.5, 0.6) is 0 Å². The number of allylic oxidation sites excluding steroid dienone is 6. The number of benzene rings is 2. The predicted molar refractivity (Wildman–Crippen MR) is 333 cm³/mol. The van der Waals surface area contributed by atoms with Crippen molar-refractivity contribution in [3.8, 4) is 0 Å². The van der Waals surface area contributed by atoms with Gasteiger partial charge in [-0.3, -0.25) is 0 Å². The van der Waals surface area contributed by atoms with Crippen LogP contribution in [0.15, 0.2) is 71.8 Å². The van der Waals surface area contributed by atoms with Gasteiger partial charge in [0.2, 0.25) is 11.4 Å². The molecule has 420 valence electrons. The van der Waals surface area contributed by atoms with Crippen molar-refractivity contribution in [1.29, 1.82) is 0 Å². The zero-order valence-electron chi connectivity index (χ0n) is 49.9. The Kier molecular flexibility index (Phi) is 46.4. The van der Waals surface area contributed by atoms with Crippen molar-refractivity contribution in [2.45, 2.75) is 292 Å². The first-order chi connectivity index (χ1) is 35.0. The van der Waals surface area contributed by atoms with Gasteiger partial charge in [-0.1, -0.05) is 264 Å². The van der Waals surface area contributed by atoms with E-state index >= 15 is 0 Å². The van der Waals surface area contributed by atoms with E-state index in [1.165, 1.54) is 232 Å². The molecular weight excluding hydrogens is 939 g/mol. The molecule has 0 spiro atoms. The molecule has 74 heavy (non-hydrogen) atoms. The molecule has 0 amide bonds. The SMILES string of the molecule is CCCCCCCCC=Cc1cc(C=CCCCCCCCC)cc(C2=C(CCCCC)C(CCCCCCCC)=C(c3cc(C=CCCCCCCCC)cc(C=CCCCCCCCC)c3)[N+]2=[N-])c1.[CH3-].[CH3-].[Ni+2]. The maximum Gasteiger partial charge on any atom is 2.00 e. The van der Waals surface area contributed by atoms with Gasteiger partial charge in [0.1, 0.15) is 0 Å². The molecule has 0 atom stereocenters. The molecule has 2 aromatic carbocycles. The van der Waals surface area contributed by atoms with E-state index in [0.717, 1.165) is 73.9 Å². The summed E-state index contributed by atoms with van der Waals surface area (Å²) in [5, 5.41) is 0. The van der Waals surface area contributed by atoms with Gasteiger partial charge in [-0.05, 0) is 136 Å². The number of unbranched alkanes of at least 4 members (excludes halogenated alkanes) is 31. The summed E-state index contributed by atoms with van der Waals surface area (Å²) in [7, 11) is 0. The molecule has 0 aromatic heterocycles. The Bertz CT molecular complexity index is 1800. The fraction of sp³-hybridized carbons (Fsp3) is 0.634. The van der Waals surface area contributed by atoms with Crippen molar-refractivity contribution in [1.82, 2.24) is 0 Å². The summed E-state index contributed by atoms with van der Waals surface area (Å²) in [6.07, 6.45) is 68.3. The van der Waals surface area contributed by atoms with Crippen LogP contribution in [0.4, 0.5) is 0 Å². The van der Waals surface area contributed by atoms with Gasteiger partial charge in [0.25, 0.3) is 0 Å². The summed E-state index contributed by atoms with van der Waals surface area (Å²) in [5.74, 6) is 0. The van der Waals surface area contributed by atoms with E-state index in [1.807, 2.05) is 0 Å². The number of nitrogens with zero attached hydrogens (tertiary/aromatic N) is 2. The zero-order chi connectivity index (χ0) is 50.8. The Morgan fingerprint density at radius 3 is 0.797 bits per heavy atom. The van der Waals surface area contributed by atoms with E-state index in [4.69, 9.17) is 0 Å². The van der Waals surface area contributed by atoms with E-state index in [1.54, 1.807) is 4.70 Å². The Balaban J connectivity index is 0.0000178. The van der Waals surface area contributed by atoms with Gasteiger partial charge >= 0.3 is 16.5 Å². The summed E-state index contributed by atoms with van der Waals surface area (Å²) in [6.45, 7) is 13.8. The molecule has 0 N–H and O–H groups in total. The molecule has 2 aromatic rings. The van der Waals surface area contributed by atoms with Crippen LogP contribution in [0.25, 0.3) is 41.2 Å². The van der Waals surface area contributed by atoms with Crippen molar-refractivity contribution >= 4 is 35.7 Å². The summed E-state index contributed by atoms with van der Waals surface area (Å²) < 4.78 is 1.67. The van der Waals surface area contributed by atoms with Crippen molar-refractivity contribution < 1.29 is 21.2 Å². The minimum atomic E-state index is 0. The Labute approximate surface area is 471 Å². The van der Waals surface area contributed by atoms with E-state index in [2.05, 4.69) is 127 Å². The molecule has 0 radical (unpaired) electrons. The molecule has 1 aliphatic rings. The second-order valence-electron chi connectivity index (χ2n) is 21.6. The third-order valence-electron chi connectivity index (χ3n) is 14.8. The van der Waals surface area contributed by atoms with E-state index in [9.17, 15) is 5.53 Å². The van der Waals surface area contributed by atoms with Crippen LogP contribution in [0.2, 0.25) is 0 Å². The van der Waals surface area contributed by atoms with Gasteiger partial charge < -0.3 is 20.4 Å². The van der Waals surface area contributed by atoms with Crippen LogP contribution in [0, 0.1) is 14.9 Å². The average Bonchev–Trinajstić information content (AvgIpc) is 3.65. The van der Waals surface area contributed by atoms with Crippen LogP contribution < -0.4 is 0 Å². The minimum absolute atomic E-state index is 0. The summed E-state index contributed by atoms with van der Waals surface area (Å²) in [4.78, 5) is 0. The van der Waals surface area contributed by atoms with Crippen LogP contribution in [0.1, 0.15) is 325 Å². The predicted octanol–water partition coefficient (Wildman–Crippen LogP) is 25.1. The molecule has 1 aliphatic heterocycles. The summed E-state index contributed by atoms with van der Waals surface area (Å²) in [5.41, 5.74) is 25.1. The van der Waals surface area contributed by atoms with Crippen molar-refractivity contribution in [3.05, 3.63) is 126 Å². The summed E-state index contributed by atoms with van der Waals surface area (Å²) >= 11 is 0. The number of hydrogen-bond donors (Lipinski definition) is 0. The van der Waals surface area contributed by atoms with Crippen LogP contribution >= 0.6 is 0 Å². The van der Waals surface area contributed by atoms with Crippen LogP contribution in [-0.2, 0) is 16.5 Å². The third-order valence-corrected chi connectivity index (χ3v) is 14.8. The topological polar surface area (TPSA) is 25.3 Å². The van der Waals surface area contributed by atoms with E-state index in [-0.39, 0.29) is 31.3 Å². The Morgan fingerprint density at radius 1 is 0.311 bits per heavy atom. The van der Waals surface area contributed by atoms with Gasteiger partial charge in [0.05, 0.1) is 0 Å². The monoisotopic (exact) mass is 1050 g/mol. The normalized spacial score (nSPS) is 12.9. The van der Waals surface area contributed by atoms with Gasteiger partial charge in [-0.15, -0.1) is 0 Å². The smallest absolute Gasteiger partial charge is 0.493 e. The molecule has 0 saturated carbocycles. The zero-order valence-corrected chi connectivity index (χ0v) is 50.9. The molecule has 0 unspecified atom stereocenters. The molecule has 0 aliphatic carbocycles. The Hall–Kier alpha value is -3.03. The molecule has 0 saturated heterocycles. The second-order valence-corrected chi connectivity index (χ2v) is 21.6. The maximum absolute atomic E-state index is 13.1. The molecule has 1 heterocycles. The quantitative estimate of drug-likeness (QED) is 0.0273. The van der Waals surface area contributed by atoms with Gasteiger partial charge in [-0.2, -0.15) is 0 Å². The molecular formula is C71H116N2Ni. The van der Waals surface area contributed by atoms with Gasteiger partial charge in [-0.25, -0.2) is 4.70 Å². The summed E-state index contributed by atoms with van der Waals surface area (Å²) in [6, 6.07) is 14.3. The van der Waals surface area contributed by atoms with Crippen molar-refractivity contribution in [2.24, 2.45) is 0 Å². The molecule has 0 bridgehead atoms. The van der Waals surface area contributed by atoms with Crippen LogP contribution in [-0.4, -0.2) is 4.70 Å². The first kappa shape index (κ1) is 71.0. The standard InChI is InChI=1S/C69H110N2.2CH3.Ni/c1-7-13-19-24-29-33-37-43-48-60-54-61(49-44-38-34-30-25-20-14-8-2)57-64(56-60)68-66(52-42-18-12-6)67(53-47-41-28-23-17-11-5)69(71(68)70)65-58-62(50-45-39-35-31-26-21-15-9-3)55-63(59-65)51-46-40-36-32-27-22-16-10-4;;;/h43-46,48-51,54-59H,7-42,47,52-53H2,1-6H3;2*1H3;/q;2*-1;+2.